The third kappa shape index (κ3) is 4.15. The lowest BCUT2D eigenvalue weighted by atomic mass is 10.0. The molecule has 5 rings (SSSR count). The number of rotatable bonds is 6. The van der Waals surface area contributed by atoms with Crippen LogP contribution >= 0.6 is 0 Å². The fourth-order valence-corrected chi connectivity index (χ4v) is 5.51. The average molecular weight is 486 g/mol. The third-order valence-electron chi connectivity index (χ3n) is 5.50. The van der Waals surface area contributed by atoms with Gasteiger partial charge < -0.3 is 9.15 Å². The molecule has 0 aliphatic carbocycles. The summed E-state index contributed by atoms with van der Waals surface area (Å²) in [5.74, 6) is -1.68. The first-order chi connectivity index (χ1) is 17.0. The molecule has 3 aromatic carbocycles. The van der Waals surface area contributed by atoms with Gasteiger partial charge in [0.05, 0.1) is 17.7 Å². The fourth-order valence-electron chi connectivity index (χ4n) is 3.86. The zero-order chi connectivity index (χ0) is 24.4. The van der Waals surface area contributed by atoms with Crippen LogP contribution in [-0.4, -0.2) is 24.5 Å². The fraction of sp³-hybridized carbons (Fsp3) is 0.0370. The van der Waals surface area contributed by atoms with Crippen molar-refractivity contribution in [2.45, 2.75) is 11.4 Å². The van der Waals surface area contributed by atoms with Crippen LogP contribution in [0.3, 0.4) is 0 Å². The smallest absolute Gasteiger partial charge is 0.379 e. The molecule has 1 aliphatic rings. The highest BCUT2D eigenvalue weighted by molar-refractivity contribution is 7.89. The molecule has 0 spiro atoms. The third-order valence-corrected chi connectivity index (χ3v) is 7.31. The number of carbonyl (C=O) groups is 2. The molecule has 2 heterocycles. The molecule has 7 nitrogen and oxygen atoms in total. The van der Waals surface area contributed by atoms with Crippen LogP contribution in [0.25, 0.3) is 5.76 Å². The van der Waals surface area contributed by atoms with Crippen LogP contribution in [0.5, 0.6) is 0 Å². The number of benzene rings is 3. The Morgan fingerprint density at radius 1 is 0.800 bits per heavy atom. The van der Waals surface area contributed by atoms with E-state index in [2.05, 4.69) is 0 Å². The van der Waals surface area contributed by atoms with E-state index in [4.69, 9.17) is 9.15 Å². The van der Waals surface area contributed by atoms with Crippen LogP contribution in [0, 0.1) is 0 Å². The summed E-state index contributed by atoms with van der Waals surface area (Å²) in [6.45, 7) is -0.132. The Balaban J connectivity index is 1.75. The van der Waals surface area contributed by atoms with Crippen molar-refractivity contribution >= 4 is 27.5 Å². The lowest BCUT2D eigenvalue weighted by Gasteiger charge is -2.32. The van der Waals surface area contributed by atoms with E-state index in [0.717, 1.165) is 4.31 Å². The van der Waals surface area contributed by atoms with Crippen molar-refractivity contribution in [3.05, 3.63) is 131 Å². The van der Waals surface area contributed by atoms with E-state index in [1.807, 2.05) is 6.07 Å². The first kappa shape index (κ1) is 22.4. The summed E-state index contributed by atoms with van der Waals surface area (Å²) in [5.41, 5.74) is 0.780. The van der Waals surface area contributed by atoms with Crippen LogP contribution in [0.15, 0.2) is 118 Å². The summed E-state index contributed by atoms with van der Waals surface area (Å²) < 4.78 is 39.4. The highest BCUT2D eigenvalue weighted by atomic mass is 32.2. The number of ketones is 1. The van der Waals surface area contributed by atoms with Gasteiger partial charge in [0.2, 0.25) is 11.5 Å². The lowest BCUT2D eigenvalue weighted by molar-refractivity contribution is 0.0651. The summed E-state index contributed by atoms with van der Waals surface area (Å²) in [5, 5.41) is 0. The maximum Gasteiger partial charge on any atom is 0.379 e. The molecule has 0 unspecified atom stereocenters. The van der Waals surface area contributed by atoms with Gasteiger partial charge in [0.15, 0.2) is 5.76 Å². The van der Waals surface area contributed by atoms with Crippen molar-refractivity contribution in [1.82, 2.24) is 4.31 Å². The van der Waals surface area contributed by atoms with Crippen molar-refractivity contribution in [3.63, 3.8) is 0 Å². The predicted molar refractivity (Wildman–Crippen MR) is 127 cm³/mol. The minimum atomic E-state index is -4.17. The van der Waals surface area contributed by atoms with Gasteiger partial charge in [-0.25, -0.2) is 13.2 Å². The van der Waals surface area contributed by atoms with E-state index in [1.165, 1.54) is 30.5 Å². The summed E-state index contributed by atoms with van der Waals surface area (Å²) in [6.07, 6.45) is 1.32. The van der Waals surface area contributed by atoms with Gasteiger partial charge in [0, 0.05) is 11.1 Å². The molecule has 1 aromatic heterocycles. The number of nitrogens with zero attached hydrogens (tertiary/aromatic N) is 1. The Morgan fingerprint density at radius 3 is 2.14 bits per heavy atom. The van der Waals surface area contributed by atoms with E-state index < -0.39 is 21.8 Å². The first-order valence-corrected chi connectivity index (χ1v) is 12.2. The van der Waals surface area contributed by atoms with Crippen molar-refractivity contribution in [2.75, 3.05) is 0 Å². The second-order valence-corrected chi connectivity index (χ2v) is 9.56. The number of carbonyl (C=O) groups excluding carboxylic acids is 2. The van der Waals surface area contributed by atoms with Crippen molar-refractivity contribution in [2.24, 2.45) is 0 Å². The topological polar surface area (TPSA) is 93.9 Å². The van der Waals surface area contributed by atoms with E-state index in [-0.39, 0.29) is 39.8 Å². The maximum atomic E-state index is 13.8. The molecule has 0 N–H and O–H groups in total. The monoisotopic (exact) mass is 485 g/mol. The Kier molecular flexibility index (Phi) is 5.80. The second-order valence-electron chi connectivity index (χ2n) is 7.73. The van der Waals surface area contributed by atoms with Gasteiger partial charge in [-0.15, -0.1) is 0 Å². The average Bonchev–Trinajstić information content (AvgIpc) is 3.43. The van der Waals surface area contributed by atoms with Gasteiger partial charge in [-0.2, -0.15) is 0 Å². The number of hydrogen-bond acceptors (Lipinski definition) is 6. The Bertz CT molecular complexity index is 1530. The van der Waals surface area contributed by atoms with Crippen LogP contribution in [0.4, 0.5) is 0 Å². The standard InChI is InChI=1S/C27H19NO6S/c29-25(20-12-5-2-6-13-20)24-26(34-27(30)22-15-9-17-33-22)21-14-7-8-16-23(21)35(31,32)28(24)18-19-10-3-1-4-11-19/h1-17H,18H2. The number of Topliss-reactive ketones (excluding diaryl/α,β-unsaturated/α-hetero) is 1. The highest BCUT2D eigenvalue weighted by Crippen LogP contribution is 2.40. The van der Waals surface area contributed by atoms with E-state index in [9.17, 15) is 18.0 Å². The SMILES string of the molecule is O=C(C1=C(OC(=O)c2ccco2)c2ccccc2S(=O)(=O)N1Cc1ccccc1)c1ccccc1. The molecule has 174 valence electrons. The number of allylic oxidation sites excluding steroid dienone is 1. The first-order valence-electron chi connectivity index (χ1n) is 10.7. The molecular weight excluding hydrogens is 466 g/mol. The van der Waals surface area contributed by atoms with Crippen LogP contribution in [0.2, 0.25) is 0 Å². The Labute approximate surface area is 201 Å². The lowest BCUT2D eigenvalue weighted by Crippen LogP contribution is -2.38. The van der Waals surface area contributed by atoms with Crippen LogP contribution in [-0.2, 0) is 21.3 Å². The molecule has 0 radical (unpaired) electrons. The number of ether oxygens (including phenoxy) is 1. The molecule has 1 aliphatic heterocycles. The maximum absolute atomic E-state index is 13.8. The molecule has 0 saturated carbocycles. The van der Waals surface area contributed by atoms with E-state index in [0.29, 0.717) is 5.56 Å². The second kappa shape index (κ2) is 9.08. The van der Waals surface area contributed by atoms with Crippen LogP contribution < -0.4 is 0 Å². The predicted octanol–water partition coefficient (Wildman–Crippen LogP) is 4.89. The van der Waals surface area contributed by atoms with Crippen molar-refractivity contribution in [3.8, 4) is 0 Å². The van der Waals surface area contributed by atoms with E-state index in [1.54, 1.807) is 66.7 Å². The molecule has 35 heavy (non-hydrogen) atoms. The Morgan fingerprint density at radius 2 is 1.46 bits per heavy atom. The van der Waals surface area contributed by atoms with Gasteiger partial charge in [-0.05, 0) is 29.8 Å². The number of esters is 1. The summed E-state index contributed by atoms with van der Waals surface area (Å²) in [7, 11) is -4.17. The summed E-state index contributed by atoms with van der Waals surface area (Å²) in [4.78, 5) is 26.6. The zero-order valence-electron chi connectivity index (χ0n) is 18.3. The molecular formula is C27H19NO6S. The molecule has 0 saturated heterocycles. The molecule has 0 bridgehead atoms. The van der Waals surface area contributed by atoms with Gasteiger partial charge >= 0.3 is 5.97 Å². The van der Waals surface area contributed by atoms with E-state index >= 15 is 0 Å². The number of furan rings is 1. The molecule has 0 fully saturated rings. The quantitative estimate of drug-likeness (QED) is 0.285. The Hall–Kier alpha value is -4.43. The number of fused-ring (bicyclic) bond motifs is 1. The summed E-state index contributed by atoms with van der Waals surface area (Å²) in [6, 6.07) is 26.2. The zero-order valence-corrected chi connectivity index (χ0v) is 19.1. The number of sulfonamides is 1. The van der Waals surface area contributed by atoms with Crippen LogP contribution in [0.1, 0.15) is 32.0 Å². The van der Waals surface area contributed by atoms with Gasteiger partial charge in [-0.3, -0.25) is 9.10 Å². The minimum absolute atomic E-state index is 0.0669. The van der Waals surface area contributed by atoms with Crippen molar-refractivity contribution in [1.29, 1.82) is 0 Å². The number of hydrogen-bond donors (Lipinski definition) is 0. The molecule has 8 heteroatoms. The van der Waals surface area contributed by atoms with Gasteiger partial charge in [-0.1, -0.05) is 72.8 Å². The van der Waals surface area contributed by atoms with Gasteiger partial charge in [0.25, 0.3) is 10.0 Å². The molecule has 0 amide bonds. The molecule has 0 atom stereocenters. The normalized spacial score (nSPS) is 14.3. The van der Waals surface area contributed by atoms with Gasteiger partial charge in [0.1, 0.15) is 5.70 Å². The largest absolute Gasteiger partial charge is 0.457 e. The van der Waals surface area contributed by atoms with Crippen molar-refractivity contribution < 1.29 is 27.2 Å². The molecule has 4 aromatic rings. The summed E-state index contributed by atoms with van der Waals surface area (Å²) >= 11 is 0. The minimum Gasteiger partial charge on any atom is -0.457 e. The highest BCUT2D eigenvalue weighted by Gasteiger charge is 2.42.